The van der Waals surface area contributed by atoms with Crippen LogP contribution < -0.4 is 15.6 Å². The van der Waals surface area contributed by atoms with Gasteiger partial charge in [-0.15, -0.1) is 0 Å². The van der Waals surface area contributed by atoms with Gasteiger partial charge >= 0.3 is 6.18 Å². The number of allylic oxidation sites excluding steroid dienone is 1. The van der Waals surface area contributed by atoms with Crippen LogP contribution in [0.25, 0.3) is 0 Å². The molecule has 0 fully saturated rings. The van der Waals surface area contributed by atoms with Crippen LogP contribution in [0, 0.1) is 17.2 Å². The van der Waals surface area contributed by atoms with Gasteiger partial charge in [0, 0.05) is 25.7 Å². The van der Waals surface area contributed by atoms with E-state index in [9.17, 15) is 18.4 Å². The number of para-hydroxylation sites is 1. The Morgan fingerprint density at radius 3 is 2.29 bits per heavy atom. The number of hydrazone groups is 1. The van der Waals surface area contributed by atoms with Crippen molar-refractivity contribution in [2.45, 2.75) is 18.3 Å². The fourth-order valence-corrected chi connectivity index (χ4v) is 4.01. The highest BCUT2D eigenvalue weighted by Crippen LogP contribution is 2.48. The first-order valence-corrected chi connectivity index (χ1v) is 9.56. The van der Waals surface area contributed by atoms with E-state index in [4.69, 9.17) is 10.5 Å². The minimum atomic E-state index is -4.70. The third-order valence-electron chi connectivity index (χ3n) is 5.46. The molecule has 6 nitrogen and oxygen atoms in total. The van der Waals surface area contributed by atoms with Crippen molar-refractivity contribution in [3.8, 4) is 6.07 Å². The van der Waals surface area contributed by atoms with E-state index in [2.05, 4.69) is 5.10 Å². The van der Waals surface area contributed by atoms with Gasteiger partial charge in [0.1, 0.15) is 6.07 Å². The van der Waals surface area contributed by atoms with Crippen molar-refractivity contribution in [3.05, 3.63) is 71.6 Å². The maximum atomic E-state index is 14.1. The number of nitrogens with zero attached hydrogens (tertiary/aromatic N) is 4. The lowest BCUT2D eigenvalue weighted by Crippen LogP contribution is -2.46. The quantitative estimate of drug-likeness (QED) is 0.803. The zero-order valence-corrected chi connectivity index (χ0v) is 16.8. The van der Waals surface area contributed by atoms with E-state index >= 15 is 0 Å². The van der Waals surface area contributed by atoms with Crippen molar-refractivity contribution in [3.63, 3.8) is 0 Å². The van der Waals surface area contributed by atoms with Crippen molar-refractivity contribution in [1.29, 1.82) is 5.26 Å². The summed E-state index contributed by atoms with van der Waals surface area (Å²) in [5, 5.41) is 14.8. The fraction of sp³-hybridized carbons (Fsp3) is 0.273. The van der Waals surface area contributed by atoms with Gasteiger partial charge in [0.15, 0.2) is 5.71 Å². The van der Waals surface area contributed by atoms with Gasteiger partial charge in [-0.05, 0) is 29.8 Å². The van der Waals surface area contributed by atoms with Gasteiger partial charge in [0.25, 0.3) is 0 Å². The van der Waals surface area contributed by atoms with E-state index in [1.54, 1.807) is 54.6 Å². The zero-order valence-electron chi connectivity index (χ0n) is 16.8. The summed E-state index contributed by atoms with van der Waals surface area (Å²) in [5.41, 5.74) is 6.83. The van der Waals surface area contributed by atoms with E-state index in [0.29, 0.717) is 11.3 Å². The number of hydrogen-bond acceptors (Lipinski definition) is 6. The van der Waals surface area contributed by atoms with Crippen molar-refractivity contribution >= 4 is 17.1 Å². The number of ether oxygens (including phenoxy) is 1. The third-order valence-corrected chi connectivity index (χ3v) is 5.46. The van der Waals surface area contributed by atoms with Crippen molar-refractivity contribution in [2.75, 3.05) is 24.0 Å². The van der Waals surface area contributed by atoms with Gasteiger partial charge in [-0.25, -0.2) is 5.01 Å². The largest absolute Gasteiger partial charge is 0.452 e. The predicted octanol–water partition coefficient (Wildman–Crippen LogP) is 3.94. The summed E-state index contributed by atoms with van der Waals surface area (Å²) in [6.07, 6.45) is -5.83. The molecule has 2 heterocycles. The first kappa shape index (κ1) is 20.6. The Balaban J connectivity index is 1.87. The molecule has 2 N–H and O–H groups in total. The average molecular weight is 427 g/mol. The molecule has 31 heavy (non-hydrogen) atoms. The fourth-order valence-electron chi connectivity index (χ4n) is 4.01. The number of nitrogens with two attached hydrogens (primary N) is 1. The Bertz CT molecular complexity index is 1070. The number of anilines is 2. The summed E-state index contributed by atoms with van der Waals surface area (Å²) in [6.45, 7) is 0. The second kappa shape index (κ2) is 7.54. The van der Waals surface area contributed by atoms with Crippen LogP contribution in [0.3, 0.4) is 0 Å². The lowest BCUT2D eigenvalue weighted by atomic mass is 9.76. The molecule has 0 saturated carbocycles. The normalized spacial score (nSPS) is 23.0. The topological polar surface area (TPSA) is 77.9 Å². The summed E-state index contributed by atoms with van der Waals surface area (Å²) < 4.78 is 47.8. The zero-order chi connectivity index (χ0) is 22.3. The van der Waals surface area contributed by atoms with Gasteiger partial charge in [0.05, 0.1) is 17.2 Å². The first-order chi connectivity index (χ1) is 14.7. The molecule has 2 aromatic carbocycles. The highest BCUT2D eigenvalue weighted by molar-refractivity contribution is 5.96. The molecule has 2 aromatic rings. The van der Waals surface area contributed by atoms with Crippen LogP contribution in [0.4, 0.5) is 24.5 Å². The molecule has 0 bridgehead atoms. The number of halogens is 3. The van der Waals surface area contributed by atoms with Gasteiger partial charge in [-0.2, -0.15) is 23.5 Å². The summed E-state index contributed by atoms with van der Waals surface area (Å²) >= 11 is 0. The van der Waals surface area contributed by atoms with Crippen LogP contribution in [0.1, 0.15) is 11.5 Å². The lowest BCUT2D eigenvalue weighted by molar-refractivity contribution is -0.0658. The molecular formula is C22H20F3N5O. The Morgan fingerprint density at radius 1 is 1.10 bits per heavy atom. The minimum Gasteiger partial charge on any atom is -0.452 e. The summed E-state index contributed by atoms with van der Waals surface area (Å²) in [4.78, 5) is 1.88. The van der Waals surface area contributed by atoms with Gasteiger partial charge in [-0.3, -0.25) is 0 Å². The van der Waals surface area contributed by atoms with Crippen LogP contribution in [-0.4, -0.2) is 32.2 Å². The smallest absolute Gasteiger partial charge is 0.431 e. The van der Waals surface area contributed by atoms with E-state index in [-0.39, 0.29) is 11.5 Å². The molecule has 0 aliphatic carbocycles. The van der Waals surface area contributed by atoms with Crippen molar-refractivity contribution < 1.29 is 17.9 Å². The molecule has 4 rings (SSSR count). The Morgan fingerprint density at radius 2 is 1.74 bits per heavy atom. The number of fused-ring (bicyclic) bond motifs is 1. The minimum absolute atomic E-state index is 0.0364. The first-order valence-electron chi connectivity index (χ1n) is 9.56. The van der Waals surface area contributed by atoms with E-state index in [1.165, 1.54) is 5.01 Å². The van der Waals surface area contributed by atoms with E-state index in [0.717, 1.165) is 5.69 Å². The molecule has 0 saturated heterocycles. The monoisotopic (exact) mass is 427 g/mol. The van der Waals surface area contributed by atoms with Crippen LogP contribution >= 0.6 is 0 Å². The molecule has 0 amide bonds. The standard InChI is InChI=1S/C22H20F3N5O/c1-29(2)14-10-8-13(9-11-14)17-16(12-26)20(27)31-21-18(17)19(22(23,24)25)28-30(21)15-6-4-3-5-7-15/h3-11,17-18,21H,27H2,1-2H3. The predicted molar refractivity (Wildman–Crippen MR) is 111 cm³/mol. The number of alkyl halides is 3. The highest BCUT2D eigenvalue weighted by Gasteiger charge is 2.57. The Hall–Kier alpha value is -3.67. The average Bonchev–Trinajstić information content (AvgIpc) is 3.13. The molecule has 3 unspecified atom stereocenters. The molecule has 0 spiro atoms. The van der Waals surface area contributed by atoms with Crippen LogP contribution in [0.2, 0.25) is 0 Å². The SMILES string of the molecule is CN(C)c1ccc(C2C(C#N)=C(N)OC3C2C(C(F)(F)F)=NN3c2ccccc2)cc1. The van der Waals surface area contributed by atoms with Gasteiger partial charge in [-0.1, -0.05) is 30.3 Å². The Labute approximate surface area is 177 Å². The summed E-state index contributed by atoms with van der Waals surface area (Å²) in [5.74, 6) is -2.40. The molecule has 2 aliphatic heterocycles. The molecule has 2 aliphatic rings. The number of hydrogen-bond donors (Lipinski definition) is 1. The molecule has 0 aromatic heterocycles. The highest BCUT2D eigenvalue weighted by atomic mass is 19.4. The lowest BCUT2D eigenvalue weighted by Gasteiger charge is -2.37. The van der Waals surface area contributed by atoms with E-state index in [1.807, 2.05) is 25.1 Å². The molecule has 0 radical (unpaired) electrons. The van der Waals surface area contributed by atoms with Gasteiger partial charge < -0.3 is 15.4 Å². The Kier molecular flexibility index (Phi) is 5.01. The van der Waals surface area contributed by atoms with E-state index < -0.39 is 30.0 Å². The molecule has 160 valence electrons. The van der Waals surface area contributed by atoms with Crippen LogP contribution in [-0.2, 0) is 4.74 Å². The third kappa shape index (κ3) is 3.54. The van der Waals surface area contributed by atoms with Gasteiger partial charge in [0.2, 0.25) is 12.1 Å². The maximum Gasteiger partial charge on any atom is 0.431 e. The number of benzene rings is 2. The molecular weight excluding hydrogens is 407 g/mol. The van der Waals surface area contributed by atoms with Crippen LogP contribution in [0.15, 0.2) is 71.2 Å². The number of nitriles is 1. The summed E-state index contributed by atoms with van der Waals surface area (Å²) in [6, 6.07) is 17.4. The molecule has 9 heteroatoms. The van der Waals surface area contributed by atoms with Crippen molar-refractivity contribution in [1.82, 2.24) is 0 Å². The maximum absolute atomic E-state index is 14.1. The second-order valence-corrected chi connectivity index (χ2v) is 7.55. The number of rotatable bonds is 3. The molecule has 3 atom stereocenters. The summed E-state index contributed by atoms with van der Waals surface area (Å²) in [7, 11) is 3.72. The van der Waals surface area contributed by atoms with Crippen LogP contribution in [0.5, 0.6) is 0 Å². The van der Waals surface area contributed by atoms with Crippen molar-refractivity contribution in [2.24, 2.45) is 16.8 Å². The second-order valence-electron chi connectivity index (χ2n) is 7.55.